The van der Waals surface area contributed by atoms with Crippen LogP contribution < -0.4 is 0 Å². The summed E-state index contributed by atoms with van der Waals surface area (Å²) in [4.78, 5) is 9.49. The van der Waals surface area contributed by atoms with Gasteiger partial charge in [-0.3, -0.25) is 4.79 Å². The van der Waals surface area contributed by atoms with E-state index in [2.05, 4.69) is 0 Å². The van der Waals surface area contributed by atoms with Gasteiger partial charge in [0.2, 0.25) is 0 Å². The average Bonchev–Trinajstić information content (AvgIpc) is 2.05. The van der Waals surface area contributed by atoms with Crippen LogP contribution in [-0.4, -0.2) is 16.0 Å². The van der Waals surface area contributed by atoms with Gasteiger partial charge < -0.3 is 5.11 Å². The number of benzene rings is 1. The highest BCUT2D eigenvalue weighted by atomic mass is 35.5. The van der Waals surface area contributed by atoms with Crippen molar-refractivity contribution < 1.29 is 9.90 Å². The van der Waals surface area contributed by atoms with Gasteiger partial charge >= 0.3 is 5.97 Å². The number of hydrogen-bond acceptors (Lipinski definition) is 1. The average molecular weight is 199 g/mol. The number of aliphatic carboxylic acids is 1. The maximum Gasteiger partial charge on any atom is 0.324 e. The minimum atomic E-state index is -1.21. The van der Waals surface area contributed by atoms with E-state index in [0.717, 1.165) is 5.56 Å². The van der Waals surface area contributed by atoms with E-state index < -0.39 is 10.8 Å². The number of carboxylic acids is 1. The van der Waals surface area contributed by atoms with Gasteiger partial charge in [-0.15, -0.1) is 11.6 Å². The minimum Gasteiger partial charge on any atom is -0.480 e. The highest BCUT2D eigenvalue weighted by Gasteiger charge is 2.30. The van der Waals surface area contributed by atoms with E-state index in [-0.39, 0.29) is 0 Å². The Hall–Kier alpha value is -1.02. The molecular weight excluding hydrogens is 188 g/mol. The Kier molecular flexibility index (Phi) is 2.94. The van der Waals surface area contributed by atoms with Gasteiger partial charge in [0.15, 0.2) is 0 Å². The summed E-state index contributed by atoms with van der Waals surface area (Å²) in [7, 11) is 0. The van der Waals surface area contributed by atoms with Crippen molar-refractivity contribution in [2.45, 2.75) is 18.2 Å². The van der Waals surface area contributed by atoms with Crippen molar-refractivity contribution in [3.63, 3.8) is 0 Å². The molecule has 3 heteroatoms. The first-order valence-electron chi connectivity index (χ1n) is 3.98. The molecule has 0 saturated carbocycles. The third kappa shape index (κ3) is 2.74. The molecule has 0 spiro atoms. The molecule has 1 N–H and O–H groups in total. The van der Waals surface area contributed by atoms with Gasteiger partial charge in [0.1, 0.15) is 4.87 Å². The Balaban J connectivity index is 2.75. The predicted octanol–water partition coefficient (Wildman–Crippen LogP) is 2.31. The maximum absolute atomic E-state index is 10.7. The van der Waals surface area contributed by atoms with Crippen LogP contribution in [0.5, 0.6) is 0 Å². The Labute approximate surface area is 82.2 Å². The standard InChI is InChI=1S/C10H11ClO2/c1-10(11,9(12)13)7-8-5-3-2-4-6-8/h2-6H,7H2,1H3,(H,12,13)/t10-/m0/s1. The van der Waals surface area contributed by atoms with Crippen LogP contribution in [0.4, 0.5) is 0 Å². The van der Waals surface area contributed by atoms with Crippen molar-refractivity contribution in [1.82, 2.24) is 0 Å². The quantitative estimate of drug-likeness (QED) is 0.757. The number of hydrogen-bond donors (Lipinski definition) is 1. The predicted molar refractivity (Wildman–Crippen MR) is 52.0 cm³/mol. The summed E-state index contributed by atoms with van der Waals surface area (Å²) in [6.45, 7) is 1.50. The van der Waals surface area contributed by atoms with E-state index in [1.807, 2.05) is 30.3 Å². The SMILES string of the molecule is C[C@](Cl)(Cc1ccccc1)C(=O)O. The molecule has 13 heavy (non-hydrogen) atoms. The largest absolute Gasteiger partial charge is 0.480 e. The van der Waals surface area contributed by atoms with Crippen LogP contribution >= 0.6 is 11.6 Å². The molecule has 2 nitrogen and oxygen atoms in total. The molecule has 0 bridgehead atoms. The van der Waals surface area contributed by atoms with Crippen molar-refractivity contribution >= 4 is 17.6 Å². The van der Waals surface area contributed by atoms with E-state index in [9.17, 15) is 4.79 Å². The zero-order chi connectivity index (χ0) is 9.90. The summed E-state index contributed by atoms with van der Waals surface area (Å²) < 4.78 is 0. The van der Waals surface area contributed by atoms with E-state index in [1.165, 1.54) is 6.92 Å². The molecule has 1 rings (SSSR count). The minimum absolute atomic E-state index is 0.338. The lowest BCUT2D eigenvalue weighted by atomic mass is 10.0. The molecule has 0 fully saturated rings. The normalized spacial score (nSPS) is 14.9. The van der Waals surface area contributed by atoms with Crippen LogP contribution in [0.2, 0.25) is 0 Å². The zero-order valence-corrected chi connectivity index (χ0v) is 8.08. The van der Waals surface area contributed by atoms with Crippen molar-refractivity contribution in [2.24, 2.45) is 0 Å². The van der Waals surface area contributed by atoms with Gasteiger partial charge in [0.25, 0.3) is 0 Å². The van der Waals surface area contributed by atoms with Crippen LogP contribution in [0.25, 0.3) is 0 Å². The second-order valence-corrected chi connectivity index (χ2v) is 4.00. The highest BCUT2D eigenvalue weighted by molar-refractivity contribution is 6.33. The van der Waals surface area contributed by atoms with E-state index in [0.29, 0.717) is 6.42 Å². The van der Waals surface area contributed by atoms with Gasteiger partial charge in [0.05, 0.1) is 0 Å². The monoisotopic (exact) mass is 198 g/mol. The number of halogens is 1. The van der Waals surface area contributed by atoms with Crippen LogP contribution in [-0.2, 0) is 11.2 Å². The Morgan fingerprint density at radius 2 is 2.00 bits per heavy atom. The van der Waals surface area contributed by atoms with E-state index >= 15 is 0 Å². The summed E-state index contributed by atoms with van der Waals surface area (Å²) >= 11 is 5.81. The van der Waals surface area contributed by atoms with Crippen molar-refractivity contribution in [3.05, 3.63) is 35.9 Å². The lowest BCUT2D eigenvalue weighted by Crippen LogP contribution is -2.30. The summed E-state index contributed by atoms with van der Waals surface area (Å²) in [6.07, 6.45) is 0.338. The fourth-order valence-electron chi connectivity index (χ4n) is 1.05. The molecule has 0 unspecified atom stereocenters. The first kappa shape index (κ1) is 10.1. The lowest BCUT2D eigenvalue weighted by molar-refractivity contribution is -0.139. The van der Waals surface area contributed by atoms with E-state index in [4.69, 9.17) is 16.7 Å². The molecule has 0 aromatic heterocycles. The first-order valence-corrected chi connectivity index (χ1v) is 4.36. The summed E-state index contributed by atoms with van der Waals surface area (Å²) in [5.74, 6) is -0.988. The number of carbonyl (C=O) groups is 1. The van der Waals surface area contributed by atoms with Gasteiger partial charge in [0, 0.05) is 6.42 Å². The fraction of sp³-hybridized carbons (Fsp3) is 0.300. The van der Waals surface area contributed by atoms with Gasteiger partial charge in [-0.05, 0) is 12.5 Å². The second kappa shape index (κ2) is 3.79. The molecule has 0 aliphatic carbocycles. The Morgan fingerprint density at radius 3 is 2.46 bits per heavy atom. The number of rotatable bonds is 3. The third-order valence-electron chi connectivity index (χ3n) is 1.82. The molecule has 70 valence electrons. The first-order chi connectivity index (χ1) is 6.02. The third-order valence-corrected chi connectivity index (χ3v) is 2.12. The molecule has 0 heterocycles. The summed E-state index contributed by atoms with van der Waals surface area (Å²) in [5, 5.41) is 8.77. The van der Waals surface area contributed by atoms with Gasteiger partial charge in [-0.2, -0.15) is 0 Å². The highest BCUT2D eigenvalue weighted by Crippen LogP contribution is 2.20. The fourth-order valence-corrected chi connectivity index (χ4v) is 1.21. The zero-order valence-electron chi connectivity index (χ0n) is 7.33. The molecule has 0 aliphatic rings. The molecular formula is C10H11ClO2. The van der Waals surface area contributed by atoms with Gasteiger partial charge in [-0.1, -0.05) is 30.3 Å². The molecule has 0 amide bonds. The Morgan fingerprint density at radius 1 is 1.46 bits per heavy atom. The second-order valence-electron chi connectivity index (χ2n) is 3.16. The smallest absolute Gasteiger partial charge is 0.324 e. The maximum atomic E-state index is 10.7. The van der Waals surface area contributed by atoms with Crippen molar-refractivity contribution in [1.29, 1.82) is 0 Å². The molecule has 0 aliphatic heterocycles. The molecule has 0 radical (unpaired) electrons. The Bertz CT molecular complexity index is 293. The molecule has 1 atom stereocenters. The van der Waals surface area contributed by atoms with Crippen LogP contribution in [0.1, 0.15) is 12.5 Å². The van der Waals surface area contributed by atoms with Crippen molar-refractivity contribution in [2.75, 3.05) is 0 Å². The van der Waals surface area contributed by atoms with Crippen LogP contribution in [0.3, 0.4) is 0 Å². The summed E-state index contributed by atoms with van der Waals surface area (Å²) in [6, 6.07) is 9.34. The summed E-state index contributed by atoms with van der Waals surface area (Å²) in [5.41, 5.74) is 0.933. The molecule has 1 aromatic rings. The van der Waals surface area contributed by atoms with E-state index in [1.54, 1.807) is 0 Å². The molecule has 0 saturated heterocycles. The van der Waals surface area contributed by atoms with Gasteiger partial charge in [-0.25, -0.2) is 0 Å². The van der Waals surface area contributed by atoms with Crippen molar-refractivity contribution in [3.8, 4) is 0 Å². The number of alkyl halides is 1. The molecule has 1 aromatic carbocycles. The van der Waals surface area contributed by atoms with Crippen LogP contribution in [0.15, 0.2) is 30.3 Å². The number of carboxylic acid groups (broad SMARTS) is 1. The van der Waals surface area contributed by atoms with Crippen LogP contribution in [0, 0.1) is 0 Å². The topological polar surface area (TPSA) is 37.3 Å². The lowest BCUT2D eigenvalue weighted by Gasteiger charge is -2.15.